The number of hydrogen-bond acceptors (Lipinski definition) is 4. The molecule has 27 heavy (non-hydrogen) atoms. The predicted molar refractivity (Wildman–Crippen MR) is 108 cm³/mol. The molecule has 2 fully saturated rings. The molecule has 2 aliphatic carbocycles. The predicted octanol–water partition coefficient (Wildman–Crippen LogP) is 4.54. The lowest BCUT2D eigenvalue weighted by Crippen LogP contribution is -2.30. The third-order valence-corrected chi connectivity index (χ3v) is 6.35. The summed E-state index contributed by atoms with van der Waals surface area (Å²) in [5, 5.41) is 13.3. The van der Waals surface area contributed by atoms with Crippen LogP contribution in [0.3, 0.4) is 0 Å². The van der Waals surface area contributed by atoms with Crippen molar-refractivity contribution in [2.75, 3.05) is 0 Å². The molecule has 0 bridgehead atoms. The Morgan fingerprint density at radius 2 is 1.78 bits per heavy atom. The molecule has 1 aliphatic heterocycles. The summed E-state index contributed by atoms with van der Waals surface area (Å²) in [5.74, 6) is 2.56. The minimum absolute atomic E-state index is 0. The fraction of sp³-hybridized carbons (Fsp3) is 0.600. The molecule has 5 rings (SSSR count). The molecule has 1 aromatic heterocycles. The van der Waals surface area contributed by atoms with Crippen molar-refractivity contribution in [3.63, 3.8) is 0 Å². The number of ether oxygens (including phenoxy) is 1. The van der Waals surface area contributed by atoms with E-state index in [1.807, 2.05) is 12.1 Å². The lowest BCUT2D eigenvalue weighted by atomic mass is 9.86. The highest BCUT2D eigenvalue weighted by Crippen LogP contribution is 2.37. The van der Waals surface area contributed by atoms with Crippen LogP contribution in [0.5, 0.6) is 0 Å². The molecule has 0 radical (unpaired) electrons. The van der Waals surface area contributed by atoms with Gasteiger partial charge in [-0.05, 0) is 68.7 Å². The Kier molecular flexibility index (Phi) is 5.74. The first kappa shape index (κ1) is 19.2. The van der Waals surface area contributed by atoms with E-state index in [9.17, 15) is 0 Å². The zero-order valence-corrected chi connectivity index (χ0v) is 16.9. The van der Waals surface area contributed by atoms with E-state index >= 15 is 0 Å². The molecule has 2 saturated carbocycles. The molecular formula is C20H26Cl2N4O. The first-order chi connectivity index (χ1) is 12.8. The van der Waals surface area contributed by atoms with E-state index in [0.29, 0.717) is 18.1 Å². The molecule has 1 N–H and O–H groups in total. The van der Waals surface area contributed by atoms with E-state index in [-0.39, 0.29) is 12.4 Å². The number of fused-ring (bicyclic) bond motifs is 3. The highest BCUT2D eigenvalue weighted by Gasteiger charge is 2.31. The van der Waals surface area contributed by atoms with Gasteiger partial charge >= 0.3 is 0 Å². The number of nitrogens with zero attached hydrogens (tertiary/aromatic N) is 3. The summed E-state index contributed by atoms with van der Waals surface area (Å²) in [7, 11) is 0. The van der Waals surface area contributed by atoms with Crippen molar-refractivity contribution in [2.24, 2.45) is 0 Å². The summed E-state index contributed by atoms with van der Waals surface area (Å²) in [4.78, 5) is 0. The summed E-state index contributed by atoms with van der Waals surface area (Å²) in [6.07, 6.45) is 9.35. The summed E-state index contributed by atoms with van der Waals surface area (Å²) in [6.45, 7) is 1.54. The first-order valence-electron chi connectivity index (χ1n) is 9.87. The van der Waals surface area contributed by atoms with Gasteiger partial charge in [-0.15, -0.1) is 22.6 Å². The molecule has 5 nitrogen and oxygen atoms in total. The Balaban J connectivity index is 0.00000180. The van der Waals surface area contributed by atoms with E-state index in [1.165, 1.54) is 30.5 Å². The molecule has 0 unspecified atom stereocenters. The molecule has 0 spiro atoms. The highest BCUT2D eigenvalue weighted by atomic mass is 35.5. The zero-order valence-electron chi connectivity index (χ0n) is 15.4. The van der Waals surface area contributed by atoms with Crippen LogP contribution < -0.4 is 5.32 Å². The van der Waals surface area contributed by atoms with Crippen LogP contribution in [0.4, 0.5) is 0 Å². The van der Waals surface area contributed by atoms with Gasteiger partial charge in [0.2, 0.25) is 0 Å². The standard InChI is InChI=1S/C20H25ClN4O.ClH/c21-15-6-9-18-14(10-15)11-22-12-19-23-24-20(25(18)19)13-4-7-17(8-5-13)26-16-2-1-3-16;/h6,9-10,13,16-17,22H,1-5,7-8,11-12H2;1H/t13-,17-;. The van der Waals surface area contributed by atoms with Crippen LogP contribution in [0.2, 0.25) is 5.02 Å². The fourth-order valence-corrected chi connectivity index (χ4v) is 4.63. The summed E-state index contributed by atoms with van der Waals surface area (Å²) >= 11 is 6.21. The minimum atomic E-state index is 0. The largest absolute Gasteiger partial charge is 0.375 e. The van der Waals surface area contributed by atoms with Crippen molar-refractivity contribution in [3.05, 3.63) is 40.4 Å². The van der Waals surface area contributed by atoms with Crippen LogP contribution in [0, 0.1) is 0 Å². The fourth-order valence-electron chi connectivity index (χ4n) is 4.43. The normalized spacial score (nSPS) is 24.9. The maximum Gasteiger partial charge on any atom is 0.151 e. The van der Waals surface area contributed by atoms with Gasteiger partial charge in [0, 0.05) is 17.5 Å². The third-order valence-electron chi connectivity index (χ3n) is 6.11. The number of aromatic nitrogens is 3. The third kappa shape index (κ3) is 3.75. The second-order valence-corrected chi connectivity index (χ2v) is 8.29. The van der Waals surface area contributed by atoms with Gasteiger partial charge < -0.3 is 10.1 Å². The van der Waals surface area contributed by atoms with Gasteiger partial charge in [0.25, 0.3) is 0 Å². The number of hydrogen-bond donors (Lipinski definition) is 1. The van der Waals surface area contributed by atoms with Gasteiger partial charge in [0.15, 0.2) is 5.82 Å². The van der Waals surface area contributed by atoms with E-state index in [2.05, 4.69) is 26.1 Å². The van der Waals surface area contributed by atoms with Crippen LogP contribution >= 0.6 is 24.0 Å². The van der Waals surface area contributed by atoms with Crippen molar-refractivity contribution in [1.82, 2.24) is 20.1 Å². The Bertz CT molecular complexity index is 797. The van der Waals surface area contributed by atoms with Crippen LogP contribution in [0.25, 0.3) is 5.69 Å². The molecule has 0 saturated heterocycles. The second-order valence-electron chi connectivity index (χ2n) is 7.85. The molecule has 7 heteroatoms. The Morgan fingerprint density at radius 1 is 1.00 bits per heavy atom. The second kappa shape index (κ2) is 8.08. The van der Waals surface area contributed by atoms with Gasteiger partial charge in [0.05, 0.1) is 24.4 Å². The number of nitrogens with one attached hydrogen (secondary N) is 1. The van der Waals surface area contributed by atoms with Crippen LogP contribution in [-0.4, -0.2) is 27.0 Å². The van der Waals surface area contributed by atoms with Crippen molar-refractivity contribution in [3.8, 4) is 5.69 Å². The zero-order chi connectivity index (χ0) is 17.5. The monoisotopic (exact) mass is 408 g/mol. The average Bonchev–Trinajstić information content (AvgIpc) is 2.94. The molecular weight excluding hydrogens is 383 g/mol. The van der Waals surface area contributed by atoms with Crippen molar-refractivity contribution >= 4 is 24.0 Å². The van der Waals surface area contributed by atoms with E-state index in [0.717, 1.165) is 55.4 Å². The number of benzene rings is 1. The van der Waals surface area contributed by atoms with E-state index in [4.69, 9.17) is 16.3 Å². The molecule has 0 amide bonds. The van der Waals surface area contributed by atoms with Crippen LogP contribution in [-0.2, 0) is 17.8 Å². The topological polar surface area (TPSA) is 52.0 Å². The van der Waals surface area contributed by atoms with Gasteiger partial charge in [-0.25, -0.2) is 0 Å². The molecule has 146 valence electrons. The molecule has 1 aromatic carbocycles. The Morgan fingerprint density at radius 3 is 2.52 bits per heavy atom. The Hall–Kier alpha value is -1.14. The van der Waals surface area contributed by atoms with Crippen molar-refractivity contribution < 1.29 is 4.74 Å². The molecule has 3 aliphatic rings. The van der Waals surface area contributed by atoms with Gasteiger partial charge in [-0.1, -0.05) is 11.6 Å². The maximum atomic E-state index is 6.23. The van der Waals surface area contributed by atoms with Gasteiger partial charge in [-0.2, -0.15) is 0 Å². The molecule has 2 heterocycles. The SMILES string of the molecule is Cl.Clc1ccc2c(c1)CNCc1nnc([C@H]3CC[C@H](OC4CCC4)CC3)n1-2. The minimum Gasteiger partial charge on any atom is -0.375 e. The molecule has 2 aromatic rings. The van der Waals surface area contributed by atoms with Crippen LogP contribution in [0.1, 0.15) is 68.1 Å². The van der Waals surface area contributed by atoms with E-state index < -0.39 is 0 Å². The summed E-state index contributed by atoms with van der Waals surface area (Å²) in [5.41, 5.74) is 2.38. The lowest BCUT2D eigenvalue weighted by molar-refractivity contribution is -0.0666. The number of rotatable bonds is 3. The Labute approximate surface area is 171 Å². The van der Waals surface area contributed by atoms with Gasteiger partial charge in [0.1, 0.15) is 5.82 Å². The highest BCUT2D eigenvalue weighted by molar-refractivity contribution is 6.30. The maximum absolute atomic E-state index is 6.23. The van der Waals surface area contributed by atoms with E-state index in [1.54, 1.807) is 0 Å². The summed E-state index contributed by atoms with van der Waals surface area (Å²) < 4.78 is 8.49. The van der Waals surface area contributed by atoms with Crippen molar-refractivity contribution in [1.29, 1.82) is 0 Å². The van der Waals surface area contributed by atoms with Gasteiger partial charge in [-0.3, -0.25) is 4.57 Å². The molecule has 0 atom stereocenters. The average molecular weight is 409 g/mol. The lowest BCUT2D eigenvalue weighted by Gasteiger charge is -2.34. The number of halogens is 2. The van der Waals surface area contributed by atoms with Crippen LogP contribution in [0.15, 0.2) is 18.2 Å². The summed E-state index contributed by atoms with van der Waals surface area (Å²) in [6, 6.07) is 6.11. The first-order valence-corrected chi connectivity index (χ1v) is 10.2. The van der Waals surface area contributed by atoms with Crippen molar-refractivity contribution in [2.45, 2.75) is 76.2 Å². The smallest absolute Gasteiger partial charge is 0.151 e. The quantitative estimate of drug-likeness (QED) is 0.809.